The van der Waals surface area contributed by atoms with Gasteiger partial charge < -0.3 is 10.6 Å². The molecule has 0 atom stereocenters. The van der Waals surface area contributed by atoms with E-state index in [0.29, 0.717) is 31.5 Å². The van der Waals surface area contributed by atoms with Crippen molar-refractivity contribution in [2.75, 3.05) is 13.1 Å². The Bertz CT molecular complexity index is 565. The lowest BCUT2D eigenvalue weighted by Crippen LogP contribution is -2.42. The summed E-state index contributed by atoms with van der Waals surface area (Å²) < 4.78 is 0. The summed E-state index contributed by atoms with van der Waals surface area (Å²) in [4.78, 5) is 35.1. The van der Waals surface area contributed by atoms with Crippen molar-refractivity contribution in [3.63, 3.8) is 0 Å². The molecule has 0 radical (unpaired) electrons. The van der Waals surface area contributed by atoms with E-state index in [9.17, 15) is 19.7 Å². The van der Waals surface area contributed by atoms with Crippen LogP contribution in [0.2, 0.25) is 0 Å². The normalized spacial score (nSPS) is 15.7. The zero-order valence-electron chi connectivity index (χ0n) is 11.5. The van der Waals surface area contributed by atoms with Gasteiger partial charge in [0, 0.05) is 31.1 Å². The molecule has 0 aromatic heterocycles. The van der Waals surface area contributed by atoms with Gasteiger partial charge in [-0.3, -0.25) is 19.7 Å². The summed E-state index contributed by atoms with van der Waals surface area (Å²) in [6, 6.07) is 6.07. The van der Waals surface area contributed by atoms with E-state index < -0.39 is 4.92 Å². The first kappa shape index (κ1) is 15.0. The lowest BCUT2D eigenvalue weighted by Gasteiger charge is -2.30. The van der Waals surface area contributed by atoms with Gasteiger partial charge >= 0.3 is 0 Å². The molecule has 21 heavy (non-hydrogen) atoms. The highest BCUT2D eigenvalue weighted by Gasteiger charge is 2.25. The number of primary amides is 1. The van der Waals surface area contributed by atoms with Gasteiger partial charge in [0.25, 0.3) is 5.69 Å². The molecule has 2 rings (SSSR count). The van der Waals surface area contributed by atoms with Crippen LogP contribution in [0.4, 0.5) is 5.69 Å². The molecule has 2 N–H and O–H groups in total. The fourth-order valence-electron chi connectivity index (χ4n) is 2.48. The molecule has 112 valence electrons. The first-order chi connectivity index (χ1) is 9.97. The number of carbonyl (C=O) groups is 2. The molecule has 1 aromatic carbocycles. The minimum atomic E-state index is -0.480. The fraction of sp³-hybridized carbons (Fsp3) is 0.429. The van der Waals surface area contributed by atoms with Crippen LogP contribution in [-0.2, 0) is 16.0 Å². The topological polar surface area (TPSA) is 107 Å². The van der Waals surface area contributed by atoms with Crippen LogP contribution in [0.1, 0.15) is 18.4 Å². The zero-order valence-corrected chi connectivity index (χ0v) is 11.5. The maximum atomic E-state index is 12.2. The number of nitro groups is 1. The van der Waals surface area contributed by atoms with Gasteiger partial charge in [-0.1, -0.05) is 12.1 Å². The number of amides is 2. The molecule has 7 heteroatoms. The smallest absolute Gasteiger partial charge is 0.269 e. The van der Waals surface area contributed by atoms with E-state index in [1.807, 2.05) is 0 Å². The van der Waals surface area contributed by atoms with Crippen molar-refractivity contribution in [2.24, 2.45) is 11.7 Å². The SMILES string of the molecule is NC(=O)C1CCN(C(=O)Cc2cccc([N+](=O)[O-])c2)CC1. The Labute approximate surface area is 121 Å². The number of carbonyl (C=O) groups excluding carboxylic acids is 2. The molecule has 1 aromatic rings. The Hall–Kier alpha value is -2.44. The van der Waals surface area contributed by atoms with Gasteiger partial charge in [-0.25, -0.2) is 0 Å². The molecule has 2 amide bonds. The first-order valence-corrected chi connectivity index (χ1v) is 6.78. The Kier molecular flexibility index (Phi) is 4.52. The van der Waals surface area contributed by atoms with Gasteiger partial charge in [-0.05, 0) is 18.4 Å². The van der Waals surface area contributed by atoms with Crippen molar-refractivity contribution in [2.45, 2.75) is 19.3 Å². The average Bonchev–Trinajstić information content (AvgIpc) is 2.47. The second-order valence-electron chi connectivity index (χ2n) is 5.16. The van der Waals surface area contributed by atoms with E-state index >= 15 is 0 Å². The standard InChI is InChI=1S/C14H17N3O4/c15-14(19)11-4-6-16(7-5-11)13(18)9-10-2-1-3-12(8-10)17(20)21/h1-3,8,11H,4-7,9H2,(H2,15,19). The third-order valence-electron chi connectivity index (χ3n) is 3.73. The Balaban J connectivity index is 1.95. The molecule has 0 spiro atoms. The Morgan fingerprint density at radius 3 is 2.57 bits per heavy atom. The minimum absolute atomic E-state index is 0.0206. The summed E-state index contributed by atoms with van der Waals surface area (Å²) in [5.74, 6) is -0.564. The molecule has 0 aliphatic carbocycles. The number of non-ortho nitro benzene ring substituents is 1. The Morgan fingerprint density at radius 1 is 1.33 bits per heavy atom. The molecule has 0 unspecified atom stereocenters. The number of rotatable bonds is 4. The molecular formula is C14H17N3O4. The third-order valence-corrected chi connectivity index (χ3v) is 3.73. The summed E-state index contributed by atoms with van der Waals surface area (Å²) in [6.45, 7) is 1.00. The molecule has 7 nitrogen and oxygen atoms in total. The van der Waals surface area contributed by atoms with Gasteiger partial charge in [0.15, 0.2) is 0 Å². The van der Waals surface area contributed by atoms with Crippen LogP contribution in [-0.4, -0.2) is 34.7 Å². The van der Waals surface area contributed by atoms with E-state index in [1.165, 1.54) is 12.1 Å². The molecule has 1 saturated heterocycles. The maximum absolute atomic E-state index is 12.2. The van der Waals surface area contributed by atoms with Gasteiger partial charge in [0.05, 0.1) is 11.3 Å². The number of nitrogens with zero attached hydrogens (tertiary/aromatic N) is 2. The van der Waals surface area contributed by atoms with E-state index in [-0.39, 0.29) is 29.8 Å². The molecule has 1 heterocycles. The van der Waals surface area contributed by atoms with E-state index in [4.69, 9.17) is 5.73 Å². The van der Waals surface area contributed by atoms with E-state index in [0.717, 1.165) is 0 Å². The predicted molar refractivity (Wildman–Crippen MR) is 75.3 cm³/mol. The van der Waals surface area contributed by atoms with Crippen molar-refractivity contribution in [3.05, 3.63) is 39.9 Å². The van der Waals surface area contributed by atoms with Crippen LogP contribution in [0.3, 0.4) is 0 Å². The summed E-state index contributed by atoms with van der Waals surface area (Å²) in [6.07, 6.45) is 1.29. The second kappa shape index (κ2) is 6.34. The monoisotopic (exact) mass is 291 g/mol. The van der Waals surface area contributed by atoms with Crippen LogP contribution >= 0.6 is 0 Å². The van der Waals surface area contributed by atoms with Crippen molar-refractivity contribution in [3.8, 4) is 0 Å². The van der Waals surface area contributed by atoms with Gasteiger partial charge in [-0.2, -0.15) is 0 Å². The number of nitro benzene ring substituents is 1. The maximum Gasteiger partial charge on any atom is 0.269 e. The quantitative estimate of drug-likeness (QED) is 0.655. The highest BCUT2D eigenvalue weighted by molar-refractivity contribution is 5.80. The lowest BCUT2D eigenvalue weighted by molar-refractivity contribution is -0.384. The van der Waals surface area contributed by atoms with Crippen LogP contribution in [0.5, 0.6) is 0 Å². The predicted octanol–water partition coefficient (Wildman–Crippen LogP) is 0.861. The highest BCUT2D eigenvalue weighted by atomic mass is 16.6. The Morgan fingerprint density at radius 2 is 2.00 bits per heavy atom. The number of nitrogens with two attached hydrogens (primary N) is 1. The summed E-state index contributed by atoms with van der Waals surface area (Å²) in [5.41, 5.74) is 5.85. The number of hydrogen-bond acceptors (Lipinski definition) is 4. The van der Waals surface area contributed by atoms with Crippen LogP contribution < -0.4 is 5.73 Å². The van der Waals surface area contributed by atoms with E-state index in [1.54, 1.807) is 17.0 Å². The molecule has 1 aliphatic heterocycles. The van der Waals surface area contributed by atoms with Gasteiger partial charge in [0.1, 0.15) is 0 Å². The molecule has 1 aliphatic rings. The van der Waals surface area contributed by atoms with Crippen LogP contribution in [0.15, 0.2) is 24.3 Å². The molecule has 0 bridgehead atoms. The minimum Gasteiger partial charge on any atom is -0.369 e. The lowest BCUT2D eigenvalue weighted by atomic mass is 9.96. The van der Waals surface area contributed by atoms with Gasteiger partial charge in [0.2, 0.25) is 11.8 Å². The highest BCUT2D eigenvalue weighted by Crippen LogP contribution is 2.19. The number of likely N-dealkylation sites (tertiary alicyclic amines) is 1. The summed E-state index contributed by atoms with van der Waals surface area (Å²) >= 11 is 0. The molecule has 0 saturated carbocycles. The summed E-state index contributed by atoms with van der Waals surface area (Å²) in [5, 5.41) is 10.7. The van der Waals surface area contributed by atoms with Crippen LogP contribution in [0.25, 0.3) is 0 Å². The summed E-state index contributed by atoms with van der Waals surface area (Å²) in [7, 11) is 0. The number of piperidine rings is 1. The van der Waals surface area contributed by atoms with Gasteiger partial charge in [-0.15, -0.1) is 0 Å². The number of benzene rings is 1. The van der Waals surface area contributed by atoms with Crippen molar-refractivity contribution in [1.29, 1.82) is 0 Å². The first-order valence-electron chi connectivity index (χ1n) is 6.78. The fourth-order valence-corrected chi connectivity index (χ4v) is 2.48. The largest absolute Gasteiger partial charge is 0.369 e. The van der Waals surface area contributed by atoms with E-state index in [2.05, 4.69) is 0 Å². The zero-order chi connectivity index (χ0) is 15.4. The second-order valence-corrected chi connectivity index (χ2v) is 5.16. The molecule has 1 fully saturated rings. The van der Waals surface area contributed by atoms with Crippen molar-refractivity contribution >= 4 is 17.5 Å². The third kappa shape index (κ3) is 3.77. The van der Waals surface area contributed by atoms with Crippen molar-refractivity contribution in [1.82, 2.24) is 4.90 Å². The van der Waals surface area contributed by atoms with Crippen LogP contribution in [0, 0.1) is 16.0 Å². The van der Waals surface area contributed by atoms with Crippen molar-refractivity contribution < 1.29 is 14.5 Å². The molecular weight excluding hydrogens is 274 g/mol. The average molecular weight is 291 g/mol. The number of hydrogen-bond donors (Lipinski definition) is 1.